The van der Waals surface area contributed by atoms with Crippen molar-refractivity contribution >= 4 is 11.9 Å². The lowest BCUT2D eigenvalue weighted by Gasteiger charge is -2.26. The van der Waals surface area contributed by atoms with Gasteiger partial charge in [0.15, 0.2) is 0 Å². The molecule has 0 aliphatic carbocycles. The zero-order chi connectivity index (χ0) is 23.1. The summed E-state index contributed by atoms with van der Waals surface area (Å²) >= 11 is 0. The van der Waals surface area contributed by atoms with Crippen LogP contribution in [0.15, 0.2) is 49.1 Å². The van der Waals surface area contributed by atoms with Gasteiger partial charge in [0.2, 0.25) is 5.91 Å². The largest absolute Gasteiger partial charge is 0.490 e. The van der Waals surface area contributed by atoms with Crippen LogP contribution in [0, 0.1) is 0 Å². The fourth-order valence-corrected chi connectivity index (χ4v) is 3.19. The van der Waals surface area contributed by atoms with Gasteiger partial charge in [-0.1, -0.05) is 23.4 Å². The Kier molecular flexibility index (Phi) is 7.23. The number of imidazole rings is 1. The second-order valence-corrected chi connectivity index (χ2v) is 7.00. The molecule has 2 aromatic heterocycles. The summed E-state index contributed by atoms with van der Waals surface area (Å²) in [7, 11) is 0. The predicted molar refractivity (Wildman–Crippen MR) is 106 cm³/mol. The number of alkyl halides is 3. The van der Waals surface area contributed by atoms with Crippen molar-refractivity contribution in [2.75, 3.05) is 6.54 Å². The number of carboxylic acids is 1. The topological polar surface area (TPSA) is 106 Å². The maximum absolute atomic E-state index is 12.5. The maximum Gasteiger partial charge on any atom is 0.490 e. The third-order valence-electron chi connectivity index (χ3n) is 4.76. The first-order valence-electron chi connectivity index (χ1n) is 9.78. The van der Waals surface area contributed by atoms with Crippen molar-refractivity contribution in [3.63, 3.8) is 0 Å². The summed E-state index contributed by atoms with van der Waals surface area (Å²) < 4.78 is 35.6. The molecule has 3 aromatic rings. The summed E-state index contributed by atoms with van der Waals surface area (Å²) in [4.78, 5) is 27.3. The molecule has 0 bridgehead atoms. The average Bonchev–Trinajstić information content (AvgIpc) is 3.43. The van der Waals surface area contributed by atoms with E-state index in [4.69, 9.17) is 9.90 Å². The van der Waals surface area contributed by atoms with E-state index in [1.807, 2.05) is 50.7 Å². The number of halogens is 3. The number of nitrogens with zero attached hydrogens (tertiary/aromatic N) is 6. The Bertz CT molecular complexity index is 1030. The van der Waals surface area contributed by atoms with Crippen molar-refractivity contribution in [2.45, 2.75) is 38.5 Å². The first-order chi connectivity index (χ1) is 15.3. The molecular formula is C20H21F3N6O3. The van der Waals surface area contributed by atoms with Crippen LogP contribution in [0.25, 0.3) is 5.69 Å². The van der Waals surface area contributed by atoms with E-state index in [-0.39, 0.29) is 5.91 Å². The smallest absolute Gasteiger partial charge is 0.475 e. The Morgan fingerprint density at radius 2 is 1.88 bits per heavy atom. The van der Waals surface area contributed by atoms with Gasteiger partial charge in [0.05, 0.1) is 24.3 Å². The van der Waals surface area contributed by atoms with Gasteiger partial charge in [-0.15, -0.1) is 5.10 Å². The molecule has 0 spiro atoms. The summed E-state index contributed by atoms with van der Waals surface area (Å²) in [5, 5.41) is 15.7. The number of aryl methyl sites for hydroxylation is 1. The molecule has 3 heterocycles. The van der Waals surface area contributed by atoms with Crippen LogP contribution >= 0.6 is 0 Å². The van der Waals surface area contributed by atoms with Crippen LogP contribution in [-0.4, -0.2) is 59.1 Å². The molecule has 1 N–H and O–H groups in total. The van der Waals surface area contributed by atoms with Crippen LogP contribution in [0.4, 0.5) is 13.2 Å². The molecule has 1 aromatic carbocycles. The van der Waals surface area contributed by atoms with Crippen LogP contribution in [0.2, 0.25) is 0 Å². The average molecular weight is 450 g/mol. The third kappa shape index (κ3) is 5.93. The van der Waals surface area contributed by atoms with Gasteiger partial charge in [-0.2, -0.15) is 13.2 Å². The van der Waals surface area contributed by atoms with Crippen LogP contribution in [-0.2, 0) is 29.1 Å². The second-order valence-electron chi connectivity index (χ2n) is 7.00. The first kappa shape index (κ1) is 23.0. The first-order valence-corrected chi connectivity index (χ1v) is 9.78. The fraction of sp³-hybridized carbons (Fsp3) is 0.350. The zero-order valence-electron chi connectivity index (χ0n) is 16.9. The number of carbonyl (C=O) groups excluding carboxylic acids is 1. The van der Waals surface area contributed by atoms with E-state index in [0.717, 1.165) is 43.0 Å². The minimum atomic E-state index is -5.08. The molecule has 9 nitrogen and oxygen atoms in total. The monoisotopic (exact) mass is 450 g/mol. The molecule has 0 saturated carbocycles. The van der Waals surface area contributed by atoms with E-state index in [1.54, 1.807) is 12.5 Å². The maximum atomic E-state index is 12.5. The van der Waals surface area contributed by atoms with Gasteiger partial charge in [-0.05, 0) is 18.6 Å². The van der Waals surface area contributed by atoms with Crippen molar-refractivity contribution in [3.8, 4) is 5.69 Å². The number of benzene rings is 1. The van der Waals surface area contributed by atoms with Gasteiger partial charge in [0.25, 0.3) is 0 Å². The Hall–Kier alpha value is -3.70. The normalized spacial score (nSPS) is 13.2. The number of aliphatic carboxylic acids is 1. The number of aromatic nitrogens is 5. The van der Waals surface area contributed by atoms with Gasteiger partial charge in [0.1, 0.15) is 5.69 Å². The number of rotatable bonds is 5. The van der Waals surface area contributed by atoms with Crippen LogP contribution in [0.5, 0.6) is 0 Å². The Balaban J connectivity index is 0.000000360. The number of carbonyl (C=O) groups is 2. The lowest BCUT2D eigenvalue weighted by molar-refractivity contribution is -0.192. The highest BCUT2D eigenvalue weighted by Crippen LogP contribution is 2.20. The standard InChI is InChI=1S/C18H20N6O.C2HF3O2/c25-18(7-4-10-22-12-9-19-14-22)23-11-8-17-16(13-23)20-21-24(17)15-5-2-1-3-6-15;3-2(4,5)1(6)7/h1-3,5-6,9,12,14H,4,7-8,10-11,13H2;(H,6,7). The Labute approximate surface area is 181 Å². The number of carboxylic acid groups (broad SMARTS) is 1. The third-order valence-corrected chi connectivity index (χ3v) is 4.76. The van der Waals surface area contributed by atoms with Crippen molar-refractivity contribution < 1.29 is 27.9 Å². The van der Waals surface area contributed by atoms with E-state index in [2.05, 4.69) is 15.3 Å². The summed E-state index contributed by atoms with van der Waals surface area (Å²) in [6.45, 7) is 2.08. The molecule has 12 heteroatoms. The summed E-state index contributed by atoms with van der Waals surface area (Å²) in [5.41, 5.74) is 3.02. The summed E-state index contributed by atoms with van der Waals surface area (Å²) in [6.07, 6.45) is 2.50. The second kappa shape index (κ2) is 10.1. The molecule has 170 valence electrons. The molecule has 1 aliphatic heterocycles. The van der Waals surface area contributed by atoms with Gasteiger partial charge in [-0.25, -0.2) is 14.5 Å². The van der Waals surface area contributed by atoms with Crippen molar-refractivity contribution in [2.24, 2.45) is 0 Å². The van der Waals surface area contributed by atoms with E-state index in [1.165, 1.54) is 0 Å². The molecule has 1 amide bonds. The minimum Gasteiger partial charge on any atom is -0.475 e. The van der Waals surface area contributed by atoms with E-state index < -0.39 is 12.1 Å². The minimum absolute atomic E-state index is 0.181. The van der Waals surface area contributed by atoms with Gasteiger partial charge >= 0.3 is 12.1 Å². The van der Waals surface area contributed by atoms with Gasteiger partial charge in [0, 0.05) is 38.3 Å². The van der Waals surface area contributed by atoms with Crippen LogP contribution < -0.4 is 0 Å². The molecule has 0 radical (unpaired) electrons. The lowest BCUT2D eigenvalue weighted by Crippen LogP contribution is -2.36. The van der Waals surface area contributed by atoms with E-state index in [9.17, 15) is 18.0 Å². The number of amides is 1. The highest BCUT2D eigenvalue weighted by Gasteiger charge is 2.38. The Morgan fingerprint density at radius 3 is 2.50 bits per heavy atom. The molecule has 0 unspecified atom stereocenters. The number of fused-ring (bicyclic) bond motifs is 1. The Morgan fingerprint density at radius 1 is 1.16 bits per heavy atom. The van der Waals surface area contributed by atoms with Gasteiger partial charge in [-0.3, -0.25) is 4.79 Å². The van der Waals surface area contributed by atoms with E-state index >= 15 is 0 Å². The highest BCUT2D eigenvalue weighted by atomic mass is 19.4. The molecular weight excluding hydrogens is 429 g/mol. The SMILES string of the molecule is O=C(CCCn1ccnc1)N1CCc2c(nnn2-c2ccccc2)C1.O=C(O)C(F)(F)F. The molecule has 1 aliphatic rings. The summed E-state index contributed by atoms with van der Waals surface area (Å²) in [6, 6.07) is 9.99. The number of hydrogen-bond acceptors (Lipinski definition) is 5. The molecule has 0 saturated heterocycles. The zero-order valence-corrected chi connectivity index (χ0v) is 16.9. The highest BCUT2D eigenvalue weighted by molar-refractivity contribution is 5.76. The molecule has 32 heavy (non-hydrogen) atoms. The van der Waals surface area contributed by atoms with Crippen molar-refractivity contribution in [1.82, 2.24) is 29.4 Å². The number of hydrogen-bond donors (Lipinski definition) is 1. The lowest BCUT2D eigenvalue weighted by atomic mass is 10.1. The van der Waals surface area contributed by atoms with Crippen molar-refractivity contribution in [1.29, 1.82) is 0 Å². The summed E-state index contributed by atoms with van der Waals surface area (Å²) in [5.74, 6) is -2.58. The molecule has 0 atom stereocenters. The predicted octanol–water partition coefficient (Wildman–Crippen LogP) is 2.46. The molecule has 4 rings (SSSR count). The van der Waals surface area contributed by atoms with Gasteiger partial charge < -0.3 is 14.6 Å². The molecule has 0 fully saturated rings. The van der Waals surface area contributed by atoms with Crippen molar-refractivity contribution in [3.05, 3.63) is 60.4 Å². The number of para-hydroxylation sites is 1. The fourth-order valence-electron chi connectivity index (χ4n) is 3.19. The quantitative estimate of drug-likeness (QED) is 0.640. The van der Waals surface area contributed by atoms with E-state index in [0.29, 0.717) is 13.0 Å². The van der Waals surface area contributed by atoms with Crippen LogP contribution in [0.3, 0.4) is 0 Å². The van der Waals surface area contributed by atoms with Crippen LogP contribution in [0.1, 0.15) is 24.2 Å².